The highest BCUT2D eigenvalue weighted by Crippen LogP contribution is 2.14. The van der Waals surface area contributed by atoms with Crippen LogP contribution < -0.4 is 10.0 Å². The van der Waals surface area contributed by atoms with E-state index in [1.165, 1.54) is 18.4 Å². The zero-order valence-corrected chi connectivity index (χ0v) is 12.0. The lowest BCUT2D eigenvalue weighted by molar-refractivity contribution is 0.0926. The number of sulfonamides is 1. The zero-order valence-electron chi connectivity index (χ0n) is 11.2. The van der Waals surface area contributed by atoms with Gasteiger partial charge in [0.1, 0.15) is 16.5 Å². The fraction of sp³-hybridized carbons (Fsp3) is 0.154. The minimum atomic E-state index is -4.13. The number of nitrogens with one attached hydrogen (secondary N) is 2. The van der Waals surface area contributed by atoms with Gasteiger partial charge in [0, 0.05) is 19.2 Å². The van der Waals surface area contributed by atoms with Crippen molar-refractivity contribution < 1.29 is 26.4 Å². The van der Waals surface area contributed by atoms with E-state index >= 15 is 0 Å². The van der Waals surface area contributed by atoms with E-state index < -0.39 is 32.5 Å². The van der Waals surface area contributed by atoms with E-state index in [2.05, 4.69) is 10.0 Å². The van der Waals surface area contributed by atoms with Gasteiger partial charge in [-0.05, 0) is 24.3 Å². The third-order valence-electron chi connectivity index (χ3n) is 2.63. The Bertz CT molecular complexity index is 760. The standard InChI is InChI=1S/C13H12F2N2O4S/c14-9-3-4-12(10(15)8-9)22(19,20)17-6-5-16-13(18)11-2-1-7-21-11/h1-4,7-8,17H,5-6H2,(H,16,18). The lowest BCUT2D eigenvalue weighted by Gasteiger charge is -2.08. The molecule has 2 aromatic rings. The Kier molecular flexibility index (Phi) is 4.88. The molecule has 9 heteroatoms. The van der Waals surface area contributed by atoms with Crippen LogP contribution in [0.3, 0.4) is 0 Å². The predicted molar refractivity (Wildman–Crippen MR) is 72.6 cm³/mol. The molecule has 0 radical (unpaired) electrons. The van der Waals surface area contributed by atoms with E-state index in [0.29, 0.717) is 6.07 Å². The number of benzene rings is 1. The van der Waals surface area contributed by atoms with Crippen LogP contribution in [0.15, 0.2) is 45.9 Å². The molecule has 2 rings (SSSR count). The molecule has 0 spiro atoms. The van der Waals surface area contributed by atoms with Crippen molar-refractivity contribution in [3.63, 3.8) is 0 Å². The first-order valence-corrected chi connectivity index (χ1v) is 7.65. The summed E-state index contributed by atoms with van der Waals surface area (Å²) >= 11 is 0. The molecule has 0 fully saturated rings. The van der Waals surface area contributed by atoms with Crippen LogP contribution >= 0.6 is 0 Å². The molecule has 0 unspecified atom stereocenters. The van der Waals surface area contributed by atoms with Crippen molar-refractivity contribution in [2.75, 3.05) is 13.1 Å². The maximum absolute atomic E-state index is 13.4. The molecule has 0 saturated carbocycles. The maximum Gasteiger partial charge on any atom is 0.287 e. The summed E-state index contributed by atoms with van der Waals surface area (Å²) in [4.78, 5) is 10.8. The van der Waals surface area contributed by atoms with Crippen LogP contribution in [0.4, 0.5) is 8.78 Å². The van der Waals surface area contributed by atoms with Gasteiger partial charge in [-0.25, -0.2) is 21.9 Å². The molecular weight excluding hydrogens is 318 g/mol. The fourth-order valence-electron chi connectivity index (χ4n) is 1.63. The van der Waals surface area contributed by atoms with E-state index in [1.54, 1.807) is 0 Å². The summed E-state index contributed by atoms with van der Waals surface area (Å²) < 4.78 is 56.8. The molecule has 1 aromatic carbocycles. The fourth-order valence-corrected chi connectivity index (χ4v) is 2.72. The second-order valence-corrected chi connectivity index (χ2v) is 5.94. The van der Waals surface area contributed by atoms with Gasteiger partial charge in [-0.2, -0.15) is 0 Å². The Morgan fingerprint density at radius 1 is 1.18 bits per heavy atom. The van der Waals surface area contributed by atoms with Crippen molar-refractivity contribution >= 4 is 15.9 Å². The van der Waals surface area contributed by atoms with Crippen molar-refractivity contribution in [3.05, 3.63) is 54.0 Å². The van der Waals surface area contributed by atoms with Crippen molar-refractivity contribution in [1.29, 1.82) is 0 Å². The highest BCUT2D eigenvalue weighted by Gasteiger charge is 2.19. The van der Waals surface area contributed by atoms with E-state index in [1.807, 2.05) is 0 Å². The SMILES string of the molecule is O=C(NCCNS(=O)(=O)c1ccc(F)cc1F)c1ccco1. The third-order valence-corrected chi connectivity index (χ3v) is 4.13. The number of amides is 1. The third kappa shape index (κ3) is 3.89. The molecule has 0 aliphatic heterocycles. The Balaban J connectivity index is 1.89. The second-order valence-electron chi connectivity index (χ2n) is 4.21. The van der Waals surface area contributed by atoms with Gasteiger partial charge in [-0.15, -0.1) is 0 Å². The quantitative estimate of drug-likeness (QED) is 0.781. The normalized spacial score (nSPS) is 11.4. The first kappa shape index (κ1) is 16.1. The molecule has 0 aliphatic rings. The van der Waals surface area contributed by atoms with Gasteiger partial charge in [0.25, 0.3) is 5.91 Å². The number of carbonyl (C=O) groups excluding carboxylic acids is 1. The van der Waals surface area contributed by atoms with Gasteiger partial charge in [0.2, 0.25) is 10.0 Å². The molecule has 0 aliphatic carbocycles. The van der Waals surface area contributed by atoms with Gasteiger partial charge in [0.15, 0.2) is 5.76 Å². The summed E-state index contributed by atoms with van der Waals surface area (Å²) in [6.07, 6.45) is 1.33. The summed E-state index contributed by atoms with van der Waals surface area (Å²) in [6.45, 7) is -0.187. The maximum atomic E-state index is 13.4. The van der Waals surface area contributed by atoms with E-state index in [9.17, 15) is 22.0 Å². The summed E-state index contributed by atoms with van der Waals surface area (Å²) in [5.74, 6) is -2.47. The van der Waals surface area contributed by atoms with E-state index in [0.717, 1.165) is 12.1 Å². The predicted octanol–water partition coefficient (Wildman–Crippen LogP) is 1.27. The summed E-state index contributed by atoms with van der Waals surface area (Å²) in [5.41, 5.74) is 0. The second kappa shape index (κ2) is 6.67. The Morgan fingerprint density at radius 3 is 2.59 bits per heavy atom. The van der Waals surface area contributed by atoms with Crippen LogP contribution in [0.5, 0.6) is 0 Å². The molecule has 0 bridgehead atoms. The molecule has 1 aromatic heterocycles. The lowest BCUT2D eigenvalue weighted by atomic mass is 10.3. The number of halogens is 2. The molecule has 0 atom stereocenters. The zero-order chi connectivity index (χ0) is 16.2. The average Bonchev–Trinajstić information content (AvgIpc) is 2.97. The molecular formula is C13H12F2N2O4S. The van der Waals surface area contributed by atoms with E-state index in [4.69, 9.17) is 4.42 Å². The molecule has 118 valence electrons. The van der Waals surface area contributed by atoms with Gasteiger partial charge in [-0.3, -0.25) is 4.79 Å². The first-order chi connectivity index (χ1) is 10.4. The Hall–Kier alpha value is -2.26. The first-order valence-electron chi connectivity index (χ1n) is 6.16. The van der Waals surface area contributed by atoms with Crippen molar-refractivity contribution in [2.24, 2.45) is 0 Å². The van der Waals surface area contributed by atoms with Crippen molar-refractivity contribution in [2.45, 2.75) is 4.90 Å². The van der Waals surface area contributed by atoms with Gasteiger partial charge in [0.05, 0.1) is 6.26 Å². The van der Waals surface area contributed by atoms with Gasteiger partial charge in [-0.1, -0.05) is 0 Å². The number of hydrogen-bond acceptors (Lipinski definition) is 4. The largest absolute Gasteiger partial charge is 0.459 e. The molecule has 1 heterocycles. The summed E-state index contributed by atoms with van der Waals surface area (Å²) in [7, 11) is -4.13. The number of furan rings is 1. The molecule has 0 saturated heterocycles. The number of hydrogen-bond donors (Lipinski definition) is 2. The number of rotatable bonds is 6. The van der Waals surface area contributed by atoms with Gasteiger partial charge >= 0.3 is 0 Å². The minimum absolute atomic E-state index is 0.0262. The van der Waals surface area contributed by atoms with Crippen molar-refractivity contribution in [1.82, 2.24) is 10.0 Å². The van der Waals surface area contributed by atoms with Crippen LogP contribution in [-0.2, 0) is 10.0 Å². The topological polar surface area (TPSA) is 88.4 Å². The smallest absolute Gasteiger partial charge is 0.287 e. The number of carbonyl (C=O) groups is 1. The monoisotopic (exact) mass is 330 g/mol. The molecule has 6 nitrogen and oxygen atoms in total. The van der Waals surface area contributed by atoms with Crippen LogP contribution in [0, 0.1) is 11.6 Å². The molecule has 22 heavy (non-hydrogen) atoms. The lowest BCUT2D eigenvalue weighted by Crippen LogP contribution is -2.34. The Morgan fingerprint density at radius 2 is 1.95 bits per heavy atom. The van der Waals surface area contributed by atoms with Crippen LogP contribution in [0.25, 0.3) is 0 Å². The highest BCUT2D eigenvalue weighted by atomic mass is 32.2. The van der Waals surface area contributed by atoms with Crippen LogP contribution in [0.2, 0.25) is 0 Å². The molecule has 1 amide bonds. The highest BCUT2D eigenvalue weighted by molar-refractivity contribution is 7.89. The average molecular weight is 330 g/mol. The van der Waals surface area contributed by atoms with Crippen molar-refractivity contribution in [3.8, 4) is 0 Å². The van der Waals surface area contributed by atoms with Gasteiger partial charge < -0.3 is 9.73 Å². The van der Waals surface area contributed by atoms with Crippen LogP contribution in [-0.4, -0.2) is 27.4 Å². The van der Waals surface area contributed by atoms with Crippen LogP contribution in [0.1, 0.15) is 10.6 Å². The molecule has 2 N–H and O–H groups in total. The van der Waals surface area contributed by atoms with E-state index in [-0.39, 0.29) is 18.8 Å². The Labute approximate surface area is 125 Å². The summed E-state index contributed by atoms with van der Waals surface area (Å²) in [5, 5.41) is 2.42. The minimum Gasteiger partial charge on any atom is -0.459 e. The summed E-state index contributed by atoms with van der Waals surface area (Å²) in [6, 6.07) is 5.14.